The van der Waals surface area contributed by atoms with E-state index in [0.29, 0.717) is 5.95 Å². The van der Waals surface area contributed by atoms with E-state index in [1.165, 1.54) is 0 Å². The van der Waals surface area contributed by atoms with Crippen molar-refractivity contribution in [3.8, 4) is 5.95 Å². The standard InChI is InChI=1S/C10H12F3N7/c1-14-7-16-8(19(2)3)18-9(17-7)20-5-6(4-15-20)10(11,12)13/h4-5H,1-3H3,(H,14,16,17,18). The van der Waals surface area contributed by atoms with Gasteiger partial charge in [0.2, 0.25) is 11.9 Å². The lowest BCUT2D eigenvalue weighted by atomic mass is 10.4. The molecule has 10 heteroatoms. The second-order valence-electron chi connectivity index (χ2n) is 4.07. The molecule has 0 aliphatic heterocycles. The number of hydrogen-bond donors (Lipinski definition) is 1. The average molecular weight is 287 g/mol. The van der Waals surface area contributed by atoms with Crippen molar-refractivity contribution >= 4 is 11.9 Å². The zero-order valence-corrected chi connectivity index (χ0v) is 11.0. The lowest BCUT2D eigenvalue weighted by Gasteiger charge is -2.12. The molecule has 2 rings (SSSR count). The van der Waals surface area contributed by atoms with Crippen LogP contribution in [-0.4, -0.2) is 45.9 Å². The van der Waals surface area contributed by atoms with Crippen molar-refractivity contribution in [3.63, 3.8) is 0 Å². The molecule has 0 amide bonds. The molecule has 0 bridgehead atoms. The van der Waals surface area contributed by atoms with Gasteiger partial charge in [0.1, 0.15) is 0 Å². The normalized spacial score (nSPS) is 11.5. The van der Waals surface area contributed by atoms with Gasteiger partial charge in [-0.2, -0.15) is 33.2 Å². The molecule has 0 radical (unpaired) electrons. The molecule has 108 valence electrons. The quantitative estimate of drug-likeness (QED) is 0.914. The topological polar surface area (TPSA) is 71.8 Å². The Morgan fingerprint density at radius 1 is 1.20 bits per heavy atom. The summed E-state index contributed by atoms with van der Waals surface area (Å²) < 4.78 is 38.6. The second kappa shape index (κ2) is 4.94. The first-order chi connectivity index (χ1) is 9.31. The summed E-state index contributed by atoms with van der Waals surface area (Å²) >= 11 is 0. The zero-order chi connectivity index (χ0) is 14.9. The van der Waals surface area contributed by atoms with E-state index in [9.17, 15) is 13.2 Å². The molecule has 0 unspecified atom stereocenters. The third-order valence-corrected chi connectivity index (χ3v) is 2.35. The molecule has 2 aromatic rings. The fourth-order valence-electron chi connectivity index (χ4n) is 1.35. The largest absolute Gasteiger partial charge is 0.419 e. The van der Waals surface area contributed by atoms with E-state index in [1.54, 1.807) is 26.0 Å². The molecule has 7 nitrogen and oxygen atoms in total. The molecule has 0 fully saturated rings. The zero-order valence-electron chi connectivity index (χ0n) is 11.0. The highest BCUT2D eigenvalue weighted by atomic mass is 19.4. The van der Waals surface area contributed by atoms with Crippen LogP contribution in [0.2, 0.25) is 0 Å². The van der Waals surface area contributed by atoms with Crippen molar-refractivity contribution in [1.29, 1.82) is 0 Å². The van der Waals surface area contributed by atoms with Crippen LogP contribution >= 0.6 is 0 Å². The van der Waals surface area contributed by atoms with Crippen molar-refractivity contribution in [3.05, 3.63) is 18.0 Å². The molecule has 0 atom stereocenters. The lowest BCUT2D eigenvalue weighted by molar-refractivity contribution is -0.137. The molecule has 2 heterocycles. The van der Waals surface area contributed by atoms with Gasteiger partial charge in [-0.05, 0) is 0 Å². The van der Waals surface area contributed by atoms with Crippen LogP contribution in [0.1, 0.15) is 5.56 Å². The fourth-order valence-corrected chi connectivity index (χ4v) is 1.35. The van der Waals surface area contributed by atoms with Crippen molar-refractivity contribution in [2.75, 3.05) is 31.4 Å². The predicted molar refractivity (Wildman–Crippen MR) is 65.8 cm³/mol. The van der Waals surface area contributed by atoms with Crippen LogP contribution in [0.5, 0.6) is 0 Å². The Kier molecular flexibility index (Phi) is 3.47. The van der Waals surface area contributed by atoms with Crippen molar-refractivity contribution < 1.29 is 13.2 Å². The minimum Gasteiger partial charge on any atom is -0.357 e. The van der Waals surface area contributed by atoms with Crippen LogP contribution in [0, 0.1) is 0 Å². The number of nitrogens with one attached hydrogen (secondary N) is 1. The van der Waals surface area contributed by atoms with Gasteiger partial charge in [-0.25, -0.2) is 4.68 Å². The number of hydrogen-bond acceptors (Lipinski definition) is 6. The average Bonchev–Trinajstić information content (AvgIpc) is 2.87. The number of alkyl halides is 3. The van der Waals surface area contributed by atoms with Gasteiger partial charge in [-0.3, -0.25) is 0 Å². The van der Waals surface area contributed by atoms with Gasteiger partial charge < -0.3 is 10.2 Å². The minimum absolute atomic E-state index is 0.00329. The third-order valence-electron chi connectivity index (χ3n) is 2.35. The first-order valence-electron chi connectivity index (χ1n) is 5.54. The van der Waals surface area contributed by atoms with Gasteiger partial charge in [0, 0.05) is 27.3 Å². The first kappa shape index (κ1) is 14.0. The van der Waals surface area contributed by atoms with E-state index in [1.807, 2.05) is 0 Å². The maximum Gasteiger partial charge on any atom is 0.419 e. The number of nitrogens with zero attached hydrogens (tertiary/aromatic N) is 6. The van der Waals surface area contributed by atoms with Crippen LogP contribution in [0.3, 0.4) is 0 Å². The van der Waals surface area contributed by atoms with Crippen LogP contribution < -0.4 is 10.2 Å². The lowest BCUT2D eigenvalue weighted by Crippen LogP contribution is -2.17. The Morgan fingerprint density at radius 2 is 1.90 bits per heavy atom. The molecule has 0 spiro atoms. The molecule has 0 saturated heterocycles. The molecule has 0 saturated carbocycles. The summed E-state index contributed by atoms with van der Waals surface area (Å²) in [5.41, 5.74) is -0.865. The van der Waals surface area contributed by atoms with Crippen LogP contribution in [0.15, 0.2) is 12.4 Å². The summed E-state index contributed by atoms with van der Waals surface area (Å²) in [5.74, 6) is 0.551. The summed E-state index contributed by atoms with van der Waals surface area (Å²) in [6.07, 6.45) is -2.91. The smallest absolute Gasteiger partial charge is 0.357 e. The first-order valence-corrected chi connectivity index (χ1v) is 5.54. The maximum absolute atomic E-state index is 12.5. The molecule has 1 N–H and O–H groups in total. The number of aromatic nitrogens is 5. The minimum atomic E-state index is -4.46. The molecule has 0 aliphatic carbocycles. The summed E-state index contributed by atoms with van der Waals surface area (Å²) in [6, 6.07) is 0. The van der Waals surface area contributed by atoms with Gasteiger partial charge in [0.05, 0.1) is 11.8 Å². The summed E-state index contributed by atoms with van der Waals surface area (Å²) in [5, 5.41) is 6.34. The highest BCUT2D eigenvalue weighted by molar-refractivity contribution is 5.38. The fraction of sp³-hybridized carbons (Fsp3) is 0.400. The Labute approximate surface area is 112 Å². The summed E-state index contributed by atoms with van der Waals surface area (Å²) in [7, 11) is 5.02. The Morgan fingerprint density at radius 3 is 2.40 bits per heavy atom. The Bertz CT molecular complexity index is 605. The SMILES string of the molecule is CNc1nc(N(C)C)nc(-n2cc(C(F)(F)F)cn2)n1. The maximum atomic E-state index is 12.5. The molecule has 0 aromatic carbocycles. The van der Waals surface area contributed by atoms with E-state index in [2.05, 4.69) is 25.4 Å². The highest BCUT2D eigenvalue weighted by Crippen LogP contribution is 2.28. The van der Waals surface area contributed by atoms with Crippen molar-refractivity contribution in [2.45, 2.75) is 6.18 Å². The van der Waals surface area contributed by atoms with E-state index in [4.69, 9.17) is 0 Å². The summed E-state index contributed by atoms with van der Waals surface area (Å²) in [6.45, 7) is 0. The molecular formula is C10H12F3N7. The van der Waals surface area contributed by atoms with E-state index < -0.39 is 11.7 Å². The van der Waals surface area contributed by atoms with Crippen LogP contribution in [0.25, 0.3) is 5.95 Å². The summed E-state index contributed by atoms with van der Waals surface area (Å²) in [4.78, 5) is 13.7. The van der Waals surface area contributed by atoms with Gasteiger partial charge in [0.15, 0.2) is 0 Å². The number of rotatable bonds is 3. The van der Waals surface area contributed by atoms with Gasteiger partial charge >= 0.3 is 6.18 Å². The molecule has 2 aromatic heterocycles. The van der Waals surface area contributed by atoms with E-state index in [0.717, 1.165) is 17.1 Å². The Balaban J connectivity index is 2.46. The number of anilines is 2. The molecule has 0 aliphatic rings. The second-order valence-corrected chi connectivity index (χ2v) is 4.07. The predicted octanol–water partition coefficient (Wildman–Crippen LogP) is 1.18. The van der Waals surface area contributed by atoms with Gasteiger partial charge in [-0.1, -0.05) is 0 Å². The number of halogens is 3. The van der Waals surface area contributed by atoms with E-state index >= 15 is 0 Å². The molecular weight excluding hydrogens is 275 g/mol. The monoisotopic (exact) mass is 287 g/mol. The Hall–Kier alpha value is -2.39. The van der Waals surface area contributed by atoms with Crippen molar-refractivity contribution in [1.82, 2.24) is 24.7 Å². The highest BCUT2D eigenvalue weighted by Gasteiger charge is 2.32. The van der Waals surface area contributed by atoms with Gasteiger partial charge in [0.25, 0.3) is 5.95 Å². The molecule has 20 heavy (non-hydrogen) atoms. The van der Waals surface area contributed by atoms with Crippen molar-refractivity contribution in [2.24, 2.45) is 0 Å². The van der Waals surface area contributed by atoms with Crippen LogP contribution in [0.4, 0.5) is 25.1 Å². The van der Waals surface area contributed by atoms with E-state index in [-0.39, 0.29) is 11.9 Å². The third kappa shape index (κ3) is 2.78. The van der Waals surface area contributed by atoms with Crippen LogP contribution in [-0.2, 0) is 6.18 Å². The van der Waals surface area contributed by atoms with Gasteiger partial charge in [-0.15, -0.1) is 0 Å².